The lowest BCUT2D eigenvalue weighted by molar-refractivity contribution is -0.144. The Morgan fingerprint density at radius 3 is 2.60 bits per heavy atom. The molecule has 5 nitrogen and oxygen atoms in total. The van der Waals surface area contributed by atoms with Crippen molar-refractivity contribution < 1.29 is 19.4 Å². The summed E-state index contributed by atoms with van der Waals surface area (Å²) in [4.78, 5) is 23.3. The summed E-state index contributed by atoms with van der Waals surface area (Å²) < 4.78 is 5.45. The molecule has 0 spiro atoms. The molecule has 108 valence electrons. The molecular formula is C15H19NO4. The SMILES string of the molecule is CC1CCC(C(=O)N[C@H](Cc2ccccc2)C(=O)O)O1. The summed E-state index contributed by atoms with van der Waals surface area (Å²) in [7, 11) is 0. The van der Waals surface area contributed by atoms with Crippen LogP contribution in [0.4, 0.5) is 0 Å². The fourth-order valence-corrected chi connectivity index (χ4v) is 2.31. The van der Waals surface area contributed by atoms with Gasteiger partial charge in [-0.1, -0.05) is 30.3 Å². The van der Waals surface area contributed by atoms with E-state index in [4.69, 9.17) is 4.74 Å². The minimum atomic E-state index is -1.03. The molecule has 1 fully saturated rings. The lowest BCUT2D eigenvalue weighted by Crippen LogP contribution is -2.46. The van der Waals surface area contributed by atoms with E-state index in [1.165, 1.54) is 0 Å². The number of ether oxygens (including phenoxy) is 1. The molecule has 0 radical (unpaired) electrons. The molecule has 2 unspecified atom stereocenters. The Hall–Kier alpha value is -1.88. The molecule has 0 aromatic heterocycles. The van der Waals surface area contributed by atoms with Crippen molar-refractivity contribution >= 4 is 11.9 Å². The molecule has 2 N–H and O–H groups in total. The molecule has 5 heteroatoms. The van der Waals surface area contributed by atoms with Crippen LogP contribution in [0.25, 0.3) is 0 Å². The van der Waals surface area contributed by atoms with Gasteiger partial charge in [-0.3, -0.25) is 4.79 Å². The van der Waals surface area contributed by atoms with E-state index >= 15 is 0 Å². The smallest absolute Gasteiger partial charge is 0.326 e. The summed E-state index contributed by atoms with van der Waals surface area (Å²) in [6.45, 7) is 1.91. The van der Waals surface area contributed by atoms with Gasteiger partial charge >= 0.3 is 5.97 Å². The third-order valence-corrected chi connectivity index (χ3v) is 3.42. The van der Waals surface area contributed by atoms with E-state index in [0.29, 0.717) is 6.42 Å². The maximum atomic E-state index is 12.0. The van der Waals surface area contributed by atoms with Gasteiger partial charge in [-0.25, -0.2) is 4.79 Å². The van der Waals surface area contributed by atoms with Gasteiger partial charge < -0.3 is 15.2 Å². The maximum Gasteiger partial charge on any atom is 0.326 e. The van der Waals surface area contributed by atoms with Crippen LogP contribution in [0.3, 0.4) is 0 Å². The molecule has 1 amide bonds. The molecule has 3 atom stereocenters. The standard InChI is InChI=1S/C15H19NO4/c1-10-7-8-13(20-10)14(17)16-12(15(18)19)9-11-5-3-2-4-6-11/h2-6,10,12-13H,7-9H2,1H3,(H,16,17)(H,18,19)/t10?,12-,13?/m1/s1. The molecule has 1 saturated heterocycles. The van der Waals surface area contributed by atoms with E-state index in [0.717, 1.165) is 12.0 Å². The van der Waals surface area contributed by atoms with Gasteiger partial charge in [0.15, 0.2) is 0 Å². The molecule has 1 aliphatic heterocycles. The van der Waals surface area contributed by atoms with E-state index in [9.17, 15) is 14.7 Å². The second-order valence-electron chi connectivity index (χ2n) is 5.10. The fraction of sp³-hybridized carbons (Fsp3) is 0.467. The number of benzene rings is 1. The highest BCUT2D eigenvalue weighted by atomic mass is 16.5. The van der Waals surface area contributed by atoms with Crippen molar-refractivity contribution in [1.82, 2.24) is 5.32 Å². The van der Waals surface area contributed by atoms with E-state index in [-0.39, 0.29) is 18.4 Å². The van der Waals surface area contributed by atoms with Crippen LogP contribution in [0.15, 0.2) is 30.3 Å². The third kappa shape index (κ3) is 3.81. The molecule has 1 aromatic rings. The highest BCUT2D eigenvalue weighted by Crippen LogP contribution is 2.19. The van der Waals surface area contributed by atoms with E-state index in [1.54, 1.807) is 0 Å². The highest BCUT2D eigenvalue weighted by Gasteiger charge is 2.31. The Balaban J connectivity index is 1.96. The molecule has 1 aromatic carbocycles. The number of carbonyl (C=O) groups excluding carboxylic acids is 1. The summed E-state index contributed by atoms with van der Waals surface area (Å²) in [5.74, 6) is -1.37. The second kappa shape index (κ2) is 6.52. The Bertz CT molecular complexity index is 474. The van der Waals surface area contributed by atoms with Gasteiger partial charge in [-0.15, -0.1) is 0 Å². The summed E-state index contributed by atoms with van der Waals surface area (Å²) >= 11 is 0. The number of carboxylic acid groups (broad SMARTS) is 1. The third-order valence-electron chi connectivity index (χ3n) is 3.42. The number of nitrogens with one attached hydrogen (secondary N) is 1. The minimum absolute atomic E-state index is 0.0585. The average molecular weight is 277 g/mol. The van der Waals surface area contributed by atoms with Crippen LogP contribution in [0.1, 0.15) is 25.3 Å². The summed E-state index contributed by atoms with van der Waals surface area (Å²) in [5, 5.41) is 11.8. The lowest BCUT2D eigenvalue weighted by atomic mass is 10.1. The normalized spacial score (nSPS) is 23.2. The monoisotopic (exact) mass is 277 g/mol. The zero-order valence-electron chi connectivity index (χ0n) is 11.4. The molecule has 2 rings (SSSR count). The number of carbonyl (C=O) groups is 2. The number of hydrogen-bond donors (Lipinski definition) is 2. The number of hydrogen-bond acceptors (Lipinski definition) is 3. The van der Waals surface area contributed by atoms with Gasteiger partial charge in [-0.2, -0.15) is 0 Å². The molecule has 0 saturated carbocycles. The van der Waals surface area contributed by atoms with Crippen LogP contribution in [0.2, 0.25) is 0 Å². The van der Waals surface area contributed by atoms with E-state index in [2.05, 4.69) is 5.32 Å². The Morgan fingerprint density at radius 1 is 1.35 bits per heavy atom. The molecule has 0 aliphatic carbocycles. The van der Waals surface area contributed by atoms with Crippen LogP contribution in [0.5, 0.6) is 0 Å². The molecule has 0 bridgehead atoms. The molecular weight excluding hydrogens is 258 g/mol. The van der Waals surface area contributed by atoms with Gasteiger partial charge in [0.1, 0.15) is 12.1 Å². The predicted octanol–water partition coefficient (Wildman–Crippen LogP) is 1.37. The average Bonchev–Trinajstić information content (AvgIpc) is 2.86. The zero-order valence-corrected chi connectivity index (χ0v) is 11.4. The van der Waals surface area contributed by atoms with Crippen LogP contribution in [-0.4, -0.2) is 35.2 Å². The van der Waals surface area contributed by atoms with Crippen LogP contribution in [-0.2, 0) is 20.7 Å². The van der Waals surface area contributed by atoms with Gasteiger partial charge in [-0.05, 0) is 25.3 Å². The maximum absolute atomic E-state index is 12.0. The summed E-state index contributed by atoms with van der Waals surface area (Å²) in [6, 6.07) is 8.32. The van der Waals surface area contributed by atoms with E-state index < -0.39 is 18.1 Å². The highest BCUT2D eigenvalue weighted by molar-refractivity contribution is 5.86. The van der Waals surface area contributed by atoms with Crippen molar-refractivity contribution in [1.29, 1.82) is 0 Å². The summed E-state index contributed by atoms with van der Waals surface area (Å²) in [5.41, 5.74) is 0.876. The van der Waals surface area contributed by atoms with Crippen molar-refractivity contribution in [2.24, 2.45) is 0 Å². The van der Waals surface area contributed by atoms with Crippen molar-refractivity contribution in [3.8, 4) is 0 Å². The second-order valence-corrected chi connectivity index (χ2v) is 5.10. The van der Waals surface area contributed by atoms with Crippen LogP contribution >= 0.6 is 0 Å². The van der Waals surface area contributed by atoms with Crippen molar-refractivity contribution in [3.63, 3.8) is 0 Å². The fourth-order valence-electron chi connectivity index (χ4n) is 2.31. The Labute approximate surface area is 117 Å². The van der Waals surface area contributed by atoms with E-state index in [1.807, 2.05) is 37.3 Å². The molecule has 20 heavy (non-hydrogen) atoms. The number of carboxylic acids is 1. The van der Waals surface area contributed by atoms with Crippen LogP contribution < -0.4 is 5.32 Å². The van der Waals surface area contributed by atoms with Crippen molar-refractivity contribution in [2.45, 2.75) is 44.4 Å². The molecule has 1 aliphatic rings. The van der Waals surface area contributed by atoms with Gasteiger partial charge in [0.05, 0.1) is 6.10 Å². The number of amides is 1. The first-order chi connectivity index (χ1) is 9.56. The first-order valence-electron chi connectivity index (χ1n) is 6.79. The topological polar surface area (TPSA) is 75.6 Å². The quantitative estimate of drug-likeness (QED) is 0.852. The minimum Gasteiger partial charge on any atom is -0.480 e. The van der Waals surface area contributed by atoms with Gasteiger partial charge in [0.2, 0.25) is 5.91 Å². The van der Waals surface area contributed by atoms with Crippen molar-refractivity contribution in [2.75, 3.05) is 0 Å². The predicted molar refractivity (Wildman–Crippen MR) is 73.3 cm³/mol. The first-order valence-corrected chi connectivity index (χ1v) is 6.79. The lowest BCUT2D eigenvalue weighted by Gasteiger charge is -2.17. The van der Waals surface area contributed by atoms with Gasteiger partial charge in [0.25, 0.3) is 0 Å². The zero-order chi connectivity index (χ0) is 14.5. The van der Waals surface area contributed by atoms with Gasteiger partial charge in [0, 0.05) is 6.42 Å². The summed E-state index contributed by atoms with van der Waals surface area (Å²) in [6.07, 6.45) is 1.27. The Morgan fingerprint density at radius 2 is 2.05 bits per heavy atom. The van der Waals surface area contributed by atoms with Crippen molar-refractivity contribution in [3.05, 3.63) is 35.9 Å². The number of rotatable bonds is 5. The first kappa shape index (κ1) is 14.5. The Kier molecular flexibility index (Phi) is 4.74. The van der Waals surface area contributed by atoms with Crippen LogP contribution in [0, 0.1) is 0 Å². The molecule has 1 heterocycles. The number of aliphatic carboxylic acids is 1. The largest absolute Gasteiger partial charge is 0.480 e.